The van der Waals surface area contributed by atoms with E-state index in [1.54, 1.807) is 12.1 Å². The highest BCUT2D eigenvalue weighted by atomic mass is 19.1. The van der Waals surface area contributed by atoms with Crippen molar-refractivity contribution in [3.63, 3.8) is 0 Å². The lowest BCUT2D eigenvalue weighted by Gasteiger charge is -2.03. The van der Waals surface area contributed by atoms with Gasteiger partial charge in [0.2, 0.25) is 5.89 Å². The predicted octanol–water partition coefficient (Wildman–Crippen LogP) is 4.28. The Morgan fingerprint density at radius 2 is 1.68 bits per heavy atom. The van der Waals surface area contributed by atoms with Gasteiger partial charge < -0.3 is 4.42 Å². The number of hydrogen-bond donors (Lipinski definition) is 1. The summed E-state index contributed by atoms with van der Waals surface area (Å²) in [5.41, 5.74) is 1.06. The van der Waals surface area contributed by atoms with Gasteiger partial charge in [0.25, 0.3) is 5.91 Å². The topological polar surface area (TPSA) is 68.0 Å². The van der Waals surface area contributed by atoms with Gasteiger partial charge in [0.1, 0.15) is 5.82 Å². The van der Waals surface area contributed by atoms with Gasteiger partial charge in [0, 0.05) is 11.1 Å². The number of nitrogens with zero attached hydrogens (tertiary/aromatic N) is 2. The molecule has 0 saturated heterocycles. The molecule has 5 nitrogen and oxygen atoms in total. The third kappa shape index (κ3) is 3.10. The maximum atomic E-state index is 13.0. The number of halogens is 1. The lowest BCUT2D eigenvalue weighted by atomic mass is 10.1. The Kier molecular flexibility index (Phi) is 3.70. The minimum atomic E-state index is -0.354. The monoisotopic (exact) mass is 333 g/mol. The Morgan fingerprint density at radius 3 is 2.48 bits per heavy atom. The number of carbonyl (C=O) groups excluding carboxylic acids is 1. The van der Waals surface area contributed by atoms with E-state index in [-0.39, 0.29) is 23.6 Å². The maximum Gasteiger partial charge on any atom is 0.322 e. The van der Waals surface area contributed by atoms with E-state index in [1.165, 1.54) is 24.3 Å². The van der Waals surface area contributed by atoms with E-state index >= 15 is 0 Å². The van der Waals surface area contributed by atoms with E-state index in [9.17, 15) is 9.18 Å². The fraction of sp³-hybridized carbons (Fsp3) is 0. The van der Waals surface area contributed by atoms with Crippen molar-refractivity contribution in [1.29, 1.82) is 0 Å². The average molecular weight is 333 g/mol. The van der Waals surface area contributed by atoms with Crippen molar-refractivity contribution in [3.05, 3.63) is 78.1 Å². The maximum absolute atomic E-state index is 13.0. The molecule has 1 heterocycles. The van der Waals surface area contributed by atoms with Gasteiger partial charge >= 0.3 is 6.01 Å². The smallest absolute Gasteiger partial charge is 0.322 e. The Morgan fingerprint density at radius 1 is 0.920 bits per heavy atom. The van der Waals surface area contributed by atoms with Crippen LogP contribution in [0.1, 0.15) is 10.4 Å². The molecule has 1 amide bonds. The van der Waals surface area contributed by atoms with E-state index in [0.717, 1.165) is 10.8 Å². The minimum Gasteiger partial charge on any atom is -0.403 e. The van der Waals surface area contributed by atoms with E-state index in [1.807, 2.05) is 30.3 Å². The molecule has 3 aromatic carbocycles. The minimum absolute atomic E-state index is 0.0162. The molecule has 4 aromatic rings. The van der Waals surface area contributed by atoms with Gasteiger partial charge in [-0.3, -0.25) is 10.1 Å². The molecular formula is C19H12FN3O2. The fourth-order valence-electron chi connectivity index (χ4n) is 2.48. The van der Waals surface area contributed by atoms with Crippen molar-refractivity contribution >= 4 is 22.7 Å². The summed E-state index contributed by atoms with van der Waals surface area (Å²) in [6, 6.07) is 18.8. The van der Waals surface area contributed by atoms with Gasteiger partial charge in [-0.1, -0.05) is 35.4 Å². The standard InChI is InChI=1S/C19H12FN3O2/c20-16-9-7-13(8-10-16)18-22-23-19(25-18)21-17(24)15-6-5-12-3-1-2-4-14(12)11-15/h1-11H,(H,21,23,24). The van der Waals surface area contributed by atoms with Crippen LogP contribution in [0.4, 0.5) is 10.4 Å². The molecule has 4 rings (SSSR count). The van der Waals surface area contributed by atoms with Crippen molar-refractivity contribution in [2.75, 3.05) is 5.32 Å². The lowest BCUT2D eigenvalue weighted by Crippen LogP contribution is -2.12. The van der Waals surface area contributed by atoms with E-state index in [0.29, 0.717) is 11.1 Å². The molecular weight excluding hydrogens is 321 g/mol. The zero-order chi connectivity index (χ0) is 17.2. The van der Waals surface area contributed by atoms with Crippen LogP contribution in [0.5, 0.6) is 0 Å². The van der Waals surface area contributed by atoms with Crippen LogP contribution in [-0.2, 0) is 0 Å². The van der Waals surface area contributed by atoms with Gasteiger partial charge in [-0.15, -0.1) is 5.10 Å². The number of fused-ring (bicyclic) bond motifs is 1. The number of rotatable bonds is 3. The highest BCUT2D eigenvalue weighted by Gasteiger charge is 2.13. The molecule has 0 unspecified atom stereocenters. The van der Waals surface area contributed by atoms with Crippen LogP contribution in [0.25, 0.3) is 22.2 Å². The zero-order valence-electron chi connectivity index (χ0n) is 12.9. The SMILES string of the molecule is O=C(Nc1nnc(-c2ccc(F)cc2)o1)c1ccc2ccccc2c1. The first kappa shape index (κ1) is 15.0. The van der Waals surface area contributed by atoms with Crippen molar-refractivity contribution in [2.45, 2.75) is 0 Å². The quantitative estimate of drug-likeness (QED) is 0.607. The molecule has 0 fully saturated rings. The van der Waals surface area contributed by atoms with Gasteiger partial charge in [0.05, 0.1) is 0 Å². The molecule has 0 atom stereocenters. The molecule has 0 aliphatic heterocycles. The first-order valence-electron chi connectivity index (χ1n) is 7.59. The predicted molar refractivity (Wildman–Crippen MR) is 91.6 cm³/mol. The van der Waals surface area contributed by atoms with Gasteiger partial charge in [0.15, 0.2) is 0 Å². The zero-order valence-corrected chi connectivity index (χ0v) is 12.9. The van der Waals surface area contributed by atoms with Gasteiger partial charge in [-0.25, -0.2) is 4.39 Å². The second-order valence-electron chi connectivity index (χ2n) is 5.44. The highest BCUT2D eigenvalue weighted by molar-refractivity contribution is 6.05. The first-order chi connectivity index (χ1) is 12.2. The van der Waals surface area contributed by atoms with Crippen LogP contribution in [0.2, 0.25) is 0 Å². The molecule has 0 saturated carbocycles. The molecule has 0 aliphatic carbocycles. The van der Waals surface area contributed by atoms with Crippen LogP contribution >= 0.6 is 0 Å². The Hall–Kier alpha value is -3.54. The number of benzene rings is 3. The fourth-order valence-corrected chi connectivity index (χ4v) is 2.48. The summed E-state index contributed by atoms with van der Waals surface area (Å²) < 4.78 is 18.4. The summed E-state index contributed by atoms with van der Waals surface area (Å²) in [5.74, 6) is -0.498. The number of aromatic nitrogens is 2. The third-order valence-electron chi connectivity index (χ3n) is 3.75. The Bertz CT molecular complexity index is 1060. The van der Waals surface area contributed by atoms with Crippen LogP contribution < -0.4 is 5.32 Å². The van der Waals surface area contributed by atoms with Crippen LogP contribution in [0.15, 0.2) is 71.1 Å². The van der Waals surface area contributed by atoms with Gasteiger partial charge in [-0.2, -0.15) is 0 Å². The second-order valence-corrected chi connectivity index (χ2v) is 5.44. The van der Waals surface area contributed by atoms with E-state index in [2.05, 4.69) is 15.5 Å². The molecule has 1 aromatic heterocycles. The summed E-state index contributed by atoms with van der Waals surface area (Å²) in [6.45, 7) is 0. The van der Waals surface area contributed by atoms with Crippen molar-refractivity contribution in [2.24, 2.45) is 0 Å². The third-order valence-corrected chi connectivity index (χ3v) is 3.75. The summed E-state index contributed by atoms with van der Waals surface area (Å²) >= 11 is 0. The molecule has 0 aliphatic rings. The number of anilines is 1. The number of amides is 1. The molecule has 25 heavy (non-hydrogen) atoms. The van der Waals surface area contributed by atoms with Gasteiger partial charge in [-0.05, 0) is 47.2 Å². The van der Waals surface area contributed by atoms with Crippen molar-refractivity contribution < 1.29 is 13.6 Å². The molecule has 6 heteroatoms. The summed E-state index contributed by atoms with van der Waals surface area (Å²) in [7, 11) is 0. The molecule has 0 bridgehead atoms. The molecule has 0 radical (unpaired) electrons. The number of nitrogens with one attached hydrogen (secondary N) is 1. The summed E-state index contributed by atoms with van der Waals surface area (Å²) in [4.78, 5) is 12.4. The Labute approximate surface area is 142 Å². The van der Waals surface area contributed by atoms with Crippen LogP contribution in [0, 0.1) is 5.82 Å². The molecule has 1 N–H and O–H groups in total. The molecule has 122 valence electrons. The number of carbonyl (C=O) groups is 1. The van der Waals surface area contributed by atoms with Crippen molar-refractivity contribution in [3.8, 4) is 11.5 Å². The van der Waals surface area contributed by atoms with Crippen molar-refractivity contribution in [1.82, 2.24) is 10.2 Å². The van der Waals surface area contributed by atoms with Crippen LogP contribution in [0.3, 0.4) is 0 Å². The Balaban J connectivity index is 1.55. The average Bonchev–Trinajstić information content (AvgIpc) is 3.10. The second kappa shape index (κ2) is 6.16. The highest BCUT2D eigenvalue weighted by Crippen LogP contribution is 2.21. The lowest BCUT2D eigenvalue weighted by molar-refractivity contribution is 0.102. The number of hydrogen-bond acceptors (Lipinski definition) is 4. The van der Waals surface area contributed by atoms with E-state index in [4.69, 9.17) is 4.42 Å². The normalized spacial score (nSPS) is 10.8. The summed E-state index contributed by atoms with van der Waals surface area (Å²) in [5, 5.41) is 12.2. The first-order valence-corrected chi connectivity index (χ1v) is 7.59. The summed E-state index contributed by atoms with van der Waals surface area (Å²) in [6.07, 6.45) is 0. The van der Waals surface area contributed by atoms with Crippen LogP contribution in [-0.4, -0.2) is 16.1 Å². The molecule has 0 spiro atoms. The largest absolute Gasteiger partial charge is 0.403 e. The van der Waals surface area contributed by atoms with E-state index < -0.39 is 0 Å².